The van der Waals surface area contributed by atoms with Crippen molar-refractivity contribution in [2.45, 2.75) is 47.7 Å². The van der Waals surface area contributed by atoms with Crippen molar-refractivity contribution >= 4 is 22.7 Å². The van der Waals surface area contributed by atoms with E-state index in [1.165, 1.54) is 18.2 Å². The highest BCUT2D eigenvalue weighted by Gasteiger charge is 2.32. The van der Waals surface area contributed by atoms with E-state index in [0.717, 1.165) is 12.1 Å². The third-order valence-corrected chi connectivity index (χ3v) is 3.86. The maximum Gasteiger partial charge on any atom is 0.416 e. The Morgan fingerprint density at radius 1 is 0.786 bits per heavy atom. The molecule has 0 aliphatic heterocycles. The van der Waals surface area contributed by atoms with E-state index in [9.17, 15) is 22.8 Å². The van der Waals surface area contributed by atoms with Crippen molar-refractivity contribution in [1.29, 1.82) is 0 Å². The van der Waals surface area contributed by atoms with E-state index in [-0.39, 0.29) is 16.9 Å². The van der Waals surface area contributed by atoms with Gasteiger partial charge in [-0.05, 0) is 65.1 Å². The molecule has 0 N–H and O–H groups in total. The number of carbonyl (C=O) groups is 2. The van der Waals surface area contributed by atoms with Gasteiger partial charge in [0.2, 0.25) is 0 Å². The molecule has 0 spiro atoms. The number of ether oxygens (including phenoxy) is 2. The summed E-state index contributed by atoms with van der Waals surface area (Å²) in [6.45, 7) is 9.90. The first kappa shape index (κ1) is 21.7. The number of esters is 2. The molecule has 0 aliphatic carbocycles. The lowest BCUT2D eigenvalue weighted by Gasteiger charge is -2.20. The van der Waals surface area contributed by atoms with E-state index >= 15 is 0 Å². The van der Waals surface area contributed by atoms with Crippen LogP contribution in [0.1, 0.15) is 47.1 Å². The lowest BCUT2D eigenvalue weighted by atomic mass is 9.97. The molecule has 152 valence electrons. The largest absolute Gasteiger partial charge is 0.426 e. The molecule has 2 aromatic carbocycles. The van der Waals surface area contributed by atoms with Crippen molar-refractivity contribution in [3.05, 3.63) is 35.9 Å². The molecule has 0 radical (unpaired) electrons. The fourth-order valence-corrected chi connectivity index (χ4v) is 2.13. The van der Waals surface area contributed by atoms with Crippen molar-refractivity contribution in [2.24, 2.45) is 10.8 Å². The van der Waals surface area contributed by atoms with Gasteiger partial charge in [-0.3, -0.25) is 9.59 Å². The molecule has 7 heteroatoms. The van der Waals surface area contributed by atoms with Crippen molar-refractivity contribution in [2.75, 3.05) is 0 Å². The van der Waals surface area contributed by atoms with Gasteiger partial charge in [-0.2, -0.15) is 13.2 Å². The van der Waals surface area contributed by atoms with Crippen LogP contribution < -0.4 is 9.47 Å². The second-order valence-corrected chi connectivity index (χ2v) is 8.63. The lowest BCUT2D eigenvalue weighted by Crippen LogP contribution is -2.26. The first-order chi connectivity index (χ1) is 12.6. The van der Waals surface area contributed by atoms with Gasteiger partial charge in [-0.15, -0.1) is 0 Å². The second kappa shape index (κ2) is 7.11. The average Bonchev–Trinajstić information content (AvgIpc) is 2.51. The van der Waals surface area contributed by atoms with E-state index in [2.05, 4.69) is 0 Å². The molecule has 0 saturated carbocycles. The highest BCUT2D eigenvalue weighted by molar-refractivity contribution is 5.93. The Balaban J connectivity index is 2.61. The number of fused-ring (bicyclic) bond motifs is 1. The third-order valence-electron chi connectivity index (χ3n) is 3.86. The van der Waals surface area contributed by atoms with Crippen LogP contribution in [0.2, 0.25) is 0 Å². The zero-order valence-electron chi connectivity index (χ0n) is 16.7. The standard InChI is InChI=1S/C21H23F3O4/c1-19(2,3)17(25)27-14-9-12-7-8-13(21(22,23)24)10-15(12)16(11-14)28-18(26)20(4,5)6/h7-11H,1-6H3. The van der Waals surface area contributed by atoms with E-state index in [4.69, 9.17) is 9.47 Å². The van der Waals surface area contributed by atoms with Crippen LogP contribution >= 0.6 is 0 Å². The smallest absolute Gasteiger partial charge is 0.416 e. The highest BCUT2D eigenvalue weighted by Crippen LogP contribution is 2.38. The van der Waals surface area contributed by atoms with Crippen LogP contribution in [0, 0.1) is 10.8 Å². The number of hydrogen-bond donors (Lipinski definition) is 0. The first-order valence-electron chi connectivity index (χ1n) is 8.68. The normalized spacial score (nSPS) is 12.8. The number of halogens is 3. The van der Waals surface area contributed by atoms with Crippen LogP contribution in [0.15, 0.2) is 30.3 Å². The fourth-order valence-electron chi connectivity index (χ4n) is 2.13. The van der Waals surface area contributed by atoms with Gasteiger partial charge in [-0.25, -0.2) is 0 Å². The van der Waals surface area contributed by atoms with Gasteiger partial charge < -0.3 is 9.47 Å². The van der Waals surface area contributed by atoms with Crippen LogP contribution in [0.4, 0.5) is 13.2 Å². The molecule has 0 aliphatic rings. The number of alkyl halides is 3. The second-order valence-electron chi connectivity index (χ2n) is 8.63. The monoisotopic (exact) mass is 396 g/mol. The van der Waals surface area contributed by atoms with E-state index in [1.54, 1.807) is 41.5 Å². The van der Waals surface area contributed by atoms with Crippen LogP contribution in [0.25, 0.3) is 10.8 Å². The molecule has 2 rings (SSSR count). The van der Waals surface area contributed by atoms with Crippen LogP contribution in [-0.4, -0.2) is 11.9 Å². The van der Waals surface area contributed by atoms with Gasteiger partial charge in [0.1, 0.15) is 11.5 Å². The Morgan fingerprint density at radius 3 is 1.82 bits per heavy atom. The van der Waals surface area contributed by atoms with Gasteiger partial charge >= 0.3 is 18.1 Å². The molecule has 0 atom stereocenters. The lowest BCUT2D eigenvalue weighted by molar-refractivity contribution is -0.143. The molecule has 0 fully saturated rings. The van der Waals surface area contributed by atoms with Gasteiger partial charge in [0.25, 0.3) is 0 Å². The first-order valence-corrected chi connectivity index (χ1v) is 8.68. The molecule has 0 amide bonds. The van der Waals surface area contributed by atoms with Crippen LogP contribution in [0.5, 0.6) is 11.5 Å². The van der Waals surface area contributed by atoms with Crippen molar-refractivity contribution < 1.29 is 32.2 Å². The Kier molecular flexibility index (Phi) is 5.52. The Labute approximate surface area is 161 Å². The molecular formula is C21H23F3O4. The van der Waals surface area contributed by atoms with Gasteiger partial charge in [0.15, 0.2) is 0 Å². The van der Waals surface area contributed by atoms with Crippen LogP contribution in [-0.2, 0) is 15.8 Å². The number of hydrogen-bond acceptors (Lipinski definition) is 4. The third kappa shape index (κ3) is 5.03. The van der Waals surface area contributed by atoms with Gasteiger partial charge in [-0.1, -0.05) is 6.07 Å². The molecule has 28 heavy (non-hydrogen) atoms. The van der Waals surface area contributed by atoms with E-state index < -0.39 is 34.5 Å². The van der Waals surface area contributed by atoms with E-state index in [1.807, 2.05) is 0 Å². The summed E-state index contributed by atoms with van der Waals surface area (Å²) in [6.07, 6.45) is -4.54. The number of rotatable bonds is 2. The summed E-state index contributed by atoms with van der Waals surface area (Å²) in [7, 11) is 0. The maximum atomic E-state index is 13.1. The predicted molar refractivity (Wildman–Crippen MR) is 99.1 cm³/mol. The number of benzene rings is 2. The minimum absolute atomic E-state index is 0.0869. The maximum absolute atomic E-state index is 13.1. The SMILES string of the molecule is CC(C)(C)C(=O)Oc1cc(OC(=O)C(C)(C)C)c2cc(C(F)(F)F)ccc2c1. The predicted octanol–water partition coefficient (Wildman–Crippen LogP) is 5.76. The molecule has 4 nitrogen and oxygen atoms in total. The summed E-state index contributed by atoms with van der Waals surface area (Å²) < 4.78 is 50.0. The zero-order valence-corrected chi connectivity index (χ0v) is 16.7. The summed E-state index contributed by atoms with van der Waals surface area (Å²) >= 11 is 0. The molecule has 0 aromatic heterocycles. The molecule has 0 heterocycles. The summed E-state index contributed by atoms with van der Waals surface area (Å²) in [5, 5.41) is 0.451. The minimum Gasteiger partial charge on any atom is -0.426 e. The molecule has 2 aromatic rings. The van der Waals surface area contributed by atoms with Gasteiger partial charge in [0.05, 0.1) is 16.4 Å². The Morgan fingerprint density at radius 2 is 1.32 bits per heavy atom. The summed E-state index contributed by atoms with van der Waals surface area (Å²) in [5.74, 6) is -1.15. The Hall–Kier alpha value is -2.57. The number of carbonyl (C=O) groups excluding carboxylic acids is 2. The Bertz CT molecular complexity index is 916. The summed E-state index contributed by atoms with van der Waals surface area (Å²) in [6, 6.07) is 5.79. The average molecular weight is 396 g/mol. The van der Waals surface area contributed by atoms with Crippen LogP contribution in [0.3, 0.4) is 0 Å². The highest BCUT2D eigenvalue weighted by atomic mass is 19.4. The fraction of sp³-hybridized carbons (Fsp3) is 0.429. The zero-order chi connectivity index (χ0) is 21.5. The molecular weight excluding hydrogens is 373 g/mol. The van der Waals surface area contributed by atoms with Crippen molar-refractivity contribution in [1.82, 2.24) is 0 Å². The van der Waals surface area contributed by atoms with Crippen molar-refractivity contribution in [3.63, 3.8) is 0 Å². The molecule has 0 saturated heterocycles. The topological polar surface area (TPSA) is 52.6 Å². The van der Waals surface area contributed by atoms with Crippen molar-refractivity contribution in [3.8, 4) is 11.5 Å². The summed E-state index contributed by atoms with van der Waals surface area (Å²) in [4.78, 5) is 24.5. The van der Waals surface area contributed by atoms with Gasteiger partial charge in [0, 0.05) is 11.5 Å². The quantitative estimate of drug-likeness (QED) is 0.478. The molecule has 0 unspecified atom stereocenters. The molecule has 0 bridgehead atoms. The minimum atomic E-state index is -4.54. The summed E-state index contributed by atoms with van der Waals surface area (Å²) in [5.41, 5.74) is -2.52. The van der Waals surface area contributed by atoms with E-state index in [0.29, 0.717) is 5.39 Å².